The standard InChI is InChI=1S/C17H24N4O4/c1-20-11-17(24-10-15(20)22)4-6-21(7-5-17)16(23)18-9-13-8-14(25-19-13)12-2-3-12/h8,12H,2-7,9-11H2,1H3,(H,18,23). The molecular weight excluding hydrogens is 324 g/mol. The van der Waals surface area contributed by atoms with E-state index in [4.69, 9.17) is 9.26 Å². The summed E-state index contributed by atoms with van der Waals surface area (Å²) in [6.45, 7) is 2.37. The molecule has 1 aromatic heterocycles. The number of amides is 3. The van der Waals surface area contributed by atoms with Crippen molar-refractivity contribution < 1.29 is 18.8 Å². The predicted octanol–water partition coefficient (Wildman–Crippen LogP) is 1.08. The molecule has 2 saturated heterocycles. The van der Waals surface area contributed by atoms with E-state index < -0.39 is 0 Å². The van der Waals surface area contributed by atoms with E-state index >= 15 is 0 Å². The molecular formula is C17H24N4O4. The van der Waals surface area contributed by atoms with Crippen molar-refractivity contribution in [1.29, 1.82) is 0 Å². The van der Waals surface area contributed by atoms with Crippen LogP contribution in [0, 0.1) is 0 Å². The third-order valence-electron chi connectivity index (χ3n) is 5.39. The van der Waals surface area contributed by atoms with Gasteiger partial charge in [-0.1, -0.05) is 5.16 Å². The number of hydrogen-bond donors (Lipinski definition) is 1. The number of likely N-dealkylation sites (tertiary alicyclic amines) is 1. The number of nitrogens with zero attached hydrogens (tertiary/aromatic N) is 3. The molecule has 0 bridgehead atoms. The fourth-order valence-electron chi connectivity index (χ4n) is 3.56. The number of hydrogen-bond acceptors (Lipinski definition) is 5. The van der Waals surface area contributed by atoms with Crippen LogP contribution in [0.2, 0.25) is 0 Å². The Bertz CT molecular complexity index is 661. The molecule has 1 aliphatic carbocycles. The molecule has 8 nitrogen and oxygen atoms in total. The lowest BCUT2D eigenvalue weighted by Crippen LogP contribution is -2.59. The molecule has 0 atom stereocenters. The first-order valence-corrected chi connectivity index (χ1v) is 8.91. The predicted molar refractivity (Wildman–Crippen MR) is 87.8 cm³/mol. The van der Waals surface area contributed by atoms with E-state index in [0.29, 0.717) is 32.1 Å². The van der Waals surface area contributed by atoms with E-state index in [-0.39, 0.29) is 24.1 Å². The molecule has 4 rings (SSSR count). The van der Waals surface area contributed by atoms with E-state index in [0.717, 1.165) is 24.3 Å². The molecule has 1 spiro atoms. The molecule has 0 radical (unpaired) electrons. The van der Waals surface area contributed by atoms with Crippen molar-refractivity contribution in [2.45, 2.75) is 43.7 Å². The van der Waals surface area contributed by atoms with Crippen LogP contribution in [0.4, 0.5) is 4.79 Å². The van der Waals surface area contributed by atoms with Crippen molar-refractivity contribution in [3.8, 4) is 0 Å². The smallest absolute Gasteiger partial charge is 0.317 e. The topological polar surface area (TPSA) is 87.9 Å². The number of rotatable bonds is 3. The molecule has 3 heterocycles. The maximum absolute atomic E-state index is 12.4. The lowest BCUT2D eigenvalue weighted by molar-refractivity contribution is -0.167. The Morgan fingerprint density at radius 1 is 1.40 bits per heavy atom. The van der Waals surface area contributed by atoms with Gasteiger partial charge < -0.3 is 24.4 Å². The van der Waals surface area contributed by atoms with Gasteiger partial charge in [-0.25, -0.2) is 4.79 Å². The van der Waals surface area contributed by atoms with Gasteiger partial charge in [-0.2, -0.15) is 0 Å². The van der Waals surface area contributed by atoms with Crippen molar-refractivity contribution in [1.82, 2.24) is 20.3 Å². The number of piperidine rings is 1. The second-order valence-corrected chi connectivity index (χ2v) is 7.36. The van der Waals surface area contributed by atoms with Gasteiger partial charge in [0.25, 0.3) is 0 Å². The first-order valence-electron chi connectivity index (χ1n) is 8.91. The van der Waals surface area contributed by atoms with Crippen LogP contribution in [0.1, 0.15) is 43.1 Å². The summed E-state index contributed by atoms with van der Waals surface area (Å²) in [5.74, 6) is 1.47. The average molecular weight is 348 g/mol. The Morgan fingerprint density at radius 3 is 2.84 bits per heavy atom. The van der Waals surface area contributed by atoms with Gasteiger partial charge in [-0.15, -0.1) is 0 Å². The highest BCUT2D eigenvalue weighted by molar-refractivity contribution is 5.78. The number of carbonyl (C=O) groups excluding carboxylic acids is 2. The minimum atomic E-state index is -0.301. The lowest BCUT2D eigenvalue weighted by atomic mass is 9.89. The average Bonchev–Trinajstić information content (AvgIpc) is 3.36. The third-order valence-corrected chi connectivity index (χ3v) is 5.39. The molecule has 0 unspecified atom stereocenters. The number of carbonyl (C=O) groups is 2. The van der Waals surface area contributed by atoms with Gasteiger partial charge in [-0.3, -0.25) is 4.79 Å². The van der Waals surface area contributed by atoms with Gasteiger partial charge >= 0.3 is 6.03 Å². The Labute approximate surface area is 146 Å². The first-order chi connectivity index (χ1) is 12.0. The van der Waals surface area contributed by atoms with E-state index in [2.05, 4.69) is 10.5 Å². The lowest BCUT2D eigenvalue weighted by Gasteiger charge is -2.46. The molecule has 25 heavy (non-hydrogen) atoms. The Morgan fingerprint density at radius 2 is 2.16 bits per heavy atom. The molecule has 136 valence electrons. The summed E-state index contributed by atoms with van der Waals surface area (Å²) >= 11 is 0. The fraction of sp³-hybridized carbons (Fsp3) is 0.706. The van der Waals surface area contributed by atoms with Gasteiger partial charge in [-0.05, 0) is 25.7 Å². The third kappa shape index (κ3) is 3.49. The highest BCUT2D eigenvalue weighted by Crippen LogP contribution is 2.40. The minimum absolute atomic E-state index is 0.0176. The van der Waals surface area contributed by atoms with Crippen LogP contribution >= 0.6 is 0 Å². The molecule has 1 aromatic rings. The van der Waals surface area contributed by atoms with Crippen LogP contribution in [0.25, 0.3) is 0 Å². The normalized spacial score (nSPS) is 23.2. The summed E-state index contributed by atoms with van der Waals surface area (Å²) in [6, 6.07) is 1.84. The van der Waals surface area contributed by atoms with Crippen LogP contribution < -0.4 is 5.32 Å². The number of morpholine rings is 1. The van der Waals surface area contributed by atoms with Crippen molar-refractivity contribution in [2.24, 2.45) is 0 Å². The molecule has 0 aromatic carbocycles. The maximum Gasteiger partial charge on any atom is 0.317 e. The molecule has 1 N–H and O–H groups in total. The van der Waals surface area contributed by atoms with Crippen molar-refractivity contribution in [3.05, 3.63) is 17.5 Å². The van der Waals surface area contributed by atoms with Crippen LogP contribution in [0.15, 0.2) is 10.6 Å². The molecule has 2 aliphatic heterocycles. The largest absolute Gasteiger partial charge is 0.363 e. The number of nitrogens with one attached hydrogen (secondary N) is 1. The molecule has 8 heteroatoms. The number of urea groups is 1. The van der Waals surface area contributed by atoms with Gasteiger partial charge in [0.05, 0.1) is 12.1 Å². The maximum atomic E-state index is 12.4. The summed E-state index contributed by atoms with van der Waals surface area (Å²) < 4.78 is 11.1. The van der Waals surface area contributed by atoms with E-state index in [1.165, 1.54) is 12.8 Å². The second-order valence-electron chi connectivity index (χ2n) is 7.36. The summed E-state index contributed by atoms with van der Waals surface area (Å²) in [6.07, 6.45) is 3.82. The summed E-state index contributed by atoms with van der Waals surface area (Å²) in [5, 5.41) is 6.92. The monoisotopic (exact) mass is 348 g/mol. The van der Waals surface area contributed by atoms with Crippen LogP contribution in [-0.2, 0) is 16.1 Å². The first kappa shape index (κ1) is 16.4. The van der Waals surface area contributed by atoms with Crippen LogP contribution in [0.3, 0.4) is 0 Å². The van der Waals surface area contributed by atoms with Gasteiger partial charge in [0, 0.05) is 38.7 Å². The number of likely N-dealkylation sites (N-methyl/N-ethyl adjacent to an activating group) is 1. The number of aromatic nitrogens is 1. The fourth-order valence-corrected chi connectivity index (χ4v) is 3.56. The van der Waals surface area contributed by atoms with Crippen LogP contribution in [-0.4, -0.2) is 65.8 Å². The Kier molecular flexibility index (Phi) is 4.15. The highest BCUT2D eigenvalue weighted by Gasteiger charge is 2.42. The second kappa shape index (κ2) is 6.33. The summed E-state index contributed by atoms with van der Waals surface area (Å²) in [4.78, 5) is 27.5. The van der Waals surface area contributed by atoms with E-state index in [1.54, 1.807) is 16.8 Å². The van der Waals surface area contributed by atoms with Crippen molar-refractivity contribution >= 4 is 11.9 Å². The van der Waals surface area contributed by atoms with Gasteiger partial charge in [0.15, 0.2) is 0 Å². The zero-order valence-corrected chi connectivity index (χ0v) is 14.5. The molecule has 3 aliphatic rings. The van der Waals surface area contributed by atoms with E-state index in [1.807, 2.05) is 6.07 Å². The zero-order chi connectivity index (χ0) is 17.4. The van der Waals surface area contributed by atoms with Crippen molar-refractivity contribution in [3.63, 3.8) is 0 Å². The summed E-state index contributed by atoms with van der Waals surface area (Å²) in [5.41, 5.74) is 0.463. The quantitative estimate of drug-likeness (QED) is 0.883. The van der Waals surface area contributed by atoms with Gasteiger partial charge in [0.2, 0.25) is 5.91 Å². The highest BCUT2D eigenvalue weighted by atomic mass is 16.5. The molecule has 3 fully saturated rings. The van der Waals surface area contributed by atoms with Gasteiger partial charge in [0.1, 0.15) is 18.1 Å². The van der Waals surface area contributed by atoms with E-state index in [9.17, 15) is 9.59 Å². The minimum Gasteiger partial charge on any atom is -0.363 e. The van der Waals surface area contributed by atoms with Crippen LogP contribution in [0.5, 0.6) is 0 Å². The molecule has 1 saturated carbocycles. The SMILES string of the molecule is CN1CC2(CCN(C(=O)NCc3cc(C4CC4)on3)CC2)OCC1=O. The Hall–Kier alpha value is -2.09. The number of ether oxygens (including phenoxy) is 1. The Balaban J connectivity index is 1.25. The molecule has 3 amide bonds. The zero-order valence-electron chi connectivity index (χ0n) is 14.5. The summed E-state index contributed by atoms with van der Waals surface area (Å²) in [7, 11) is 1.81. The van der Waals surface area contributed by atoms with Crippen molar-refractivity contribution in [2.75, 3.05) is 33.3 Å².